The highest BCUT2D eigenvalue weighted by atomic mass is 16.5. The van der Waals surface area contributed by atoms with Crippen LogP contribution in [0.5, 0.6) is 0 Å². The van der Waals surface area contributed by atoms with Gasteiger partial charge in [-0.05, 0) is 31.6 Å². The van der Waals surface area contributed by atoms with Gasteiger partial charge in [-0.1, -0.05) is 6.42 Å². The summed E-state index contributed by atoms with van der Waals surface area (Å²) < 4.78 is 5.33. The van der Waals surface area contributed by atoms with Crippen LogP contribution >= 0.6 is 0 Å². The van der Waals surface area contributed by atoms with Crippen molar-refractivity contribution in [1.29, 1.82) is 0 Å². The molecule has 80 valence electrons. The van der Waals surface area contributed by atoms with Crippen molar-refractivity contribution in [2.24, 2.45) is 11.8 Å². The Bertz CT molecular complexity index is 199. The summed E-state index contributed by atoms with van der Waals surface area (Å²) in [7, 11) is 0. The van der Waals surface area contributed by atoms with Gasteiger partial charge in [-0.3, -0.25) is 4.79 Å². The van der Waals surface area contributed by atoms with Crippen LogP contribution in [-0.4, -0.2) is 25.7 Å². The second-order valence-electron chi connectivity index (χ2n) is 4.34. The van der Waals surface area contributed by atoms with E-state index < -0.39 is 0 Å². The van der Waals surface area contributed by atoms with Gasteiger partial charge < -0.3 is 10.1 Å². The minimum Gasteiger partial charge on any atom is -0.381 e. The van der Waals surface area contributed by atoms with Crippen LogP contribution in [0.3, 0.4) is 0 Å². The second kappa shape index (κ2) is 4.78. The maximum Gasteiger partial charge on any atom is 0.223 e. The molecule has 0 aliphatic carbocycles. The molecule has 1 unspecified atom stereocenters. The molecule has 3 heteroatoms. The zero-order valence-electron chi connectivity index (χ0n) is 8.63. The zero-order valence-corrected chi connectivity index (χ0v) is 8.63. The highest BCUT2D eigenvalue weighted by Gasteiger charge is 2.30. The summed E-state index contributed by atoms with van der Waals surface area (Å²) in [6.07, 6.45) is 5.55. The predicted octanol–water partition coefficient (Wildman–Crippen LogP) is 1.33. The first-order valence-corrected chi connectivity index (χ1v) is 5.73. The van der Waals surface area contributed by atoms with Gasteiger partial charge in [-0.2, -0.15) is 0 Å². The summed E-state index contributed by atoms with van der Waals surface area (Å²) >= 11 is 0. The van der Waals surface area contributed by atoms with E-state index in [4.69, 9.17) is 4.74 Å². The SMILES string of the molecule is O=C1NCCCCC1C1CCOCC1. The van der Waals surface area contributed by atoms with Crippen LogP contribution in [0.2, 0.25) is 0 Å². The van der Waals surface area contributed by atoms with Gasteiger partial charge in [0.05, 0.1) is 0 Å². The first kappa shape index (κ1) is 9.97. The van der Waals surface area contributed by atoms with E-state index in [1.54, 1.807) is 0 Å². The molecule has 2 fully saturated rings. The van der Waals surface area contributed by atoms with Gasteiger partial charge in [0, 0.05) is 25.7 Å². The third-order valence-corrected chi connectivity index (χ3v) is 3.41. The number of hydrogen-bond acceptors (Lipinski definition) is 2. The Labute approximate surface area is 85.2 Å². The zero-order chi connectivity index (χ0) is 9.80. The topological polar surface area (TPSA) is 38.3 Å². The van der Waals surface area contributed by atoms with E-state index in [0.717, 1.165) is 45.4 Å². The van der Waals surface area contributed by atoms with Gasteiger partial charge in [0.2, 0.25) is 5.91 Å². The number of ether oxygens (including phenoxy) is 1. The van der Waals surface area contributed by atoms with E-state index in [2.05, 4.69) is 5.32 Å². The Kier molecular flexibility index (Phi) is 3.40. The molecular formula is C11H19NO2. The molecule has 1 N–H and O–H groups in total. The Balaban J connectivity index is 1.95. The Hall–Kier alpha value is -0.570. The number of amides is 1. The van der Waals surface area contributed by atoms with Crippen molar-refractivity contribution in [3.63, 3.8) is 0 Å². The van der Waals surface area contributed by atoms with Gasteiger partial charge >= 0.3 is 0 Å². The summed E-state index contributed by atoms with van der Waals surface area (Å²) in [6, 6.07) is 0. The molecule has 0 aromatic carbocycles. The number of hydrogen-bond donors (Lipinski definition) is 1. The molecule has 2 aliphatic heterocycles. The fraction of sp³-hybridized carbons (Fsp3) is 0.909. The van der Waals surface area contributed by atoms with Crippen LogP contribution < -0.4 is 5.32 Å². The highest BCUT2D eigenvalue weighted by molar-refractivity contribution is 5.79. The van der Waals surface area contributed by atoms with E-state index >= 15 is 0 Å². The molecule has 0 bridgehead atoms. The maximum atomic E-state index is 11.8. The summed E-state index contributed by atoms with van der Waals surface area (Å²) in [4.78, 5) is 11.8. The number of carbonyl (C=O) groups is 1. The monoisotopic (exact) mass is 197 g/mol. The van der Waals surface area contributed by atoms with Crippen molar-refractivity contribution in [2.45, 2.75) is 32.1 Å². The minimum atomic E-state index is 0.265. The van der Waals surface area contributed by atoms with Crippen molar-refractivity contribution in [3.8, 4) is 0 Å². The molecule has 0 aromatic rings. The summed E-state index contributed by atoms with van der Waals surface area (Å²) in [6.45, 7) is 2.56. The van der Waals surface area contributed by atoms with E-state index in [1.807, 2.05) is 0 Å². The van der Waals surface area contributed by atoms with Crippen LogP contribution in [0.15, 0.2) is 0 Å². The van der Waals surface area contributed by atoms with E-state index in [-0.39, 0.29) is 11.8 Å². The molecule has 1 amide bonds. The largest absolute Gasteiger partial charge is 0.381 e. The lowest BCUT2D eigenvalue weighted by atomic mass is 9.83. The third-order valence-electron chi connectivity index (χ3n) is 3.41. The molecule has 0 radical (unpaired) electrons. The molecule has 2 aliphatic rings. The lowest BCUT2D eigenvalue weighted by molar-refractivity contribution is -0.127. The van der Waals surface area contributed by atoms with Gasteiger partial charge in [0.25, 0.3) is 0 Å². The lowest BCUT2D eigenvalue weighted by Crippen LogP contribution is -2.35. The van der Waals surface area contributed by atoms with Crippen molar-refractivity contribution < 1.29 is 9.53 Å². The Morgan fingerprint density at radius 1 is 1.14 bits per heavy atom. The Morgan fingerprint density at radius 3 is 2.71 bits per heavy atom. The van der Waals surface area contributed by atoms with Crippen LogP contribution in [0.4, 0.5) is 0 Å². The normalized spacial score (nSPS) is 30.9. The van der Waals surface area contributed by atoms with Gasteiger partial charge in [-0.15, -0.1) is 0 Å². The molecule has 2 rings (SSSR count). The number of rotatable bonds is 1. The van der Waals surface area contributed by atoms with Gasteiger partial charge in [0.15, 0.2) is 0 Å². The van der Waals surface area contributed by atoms with Crippen LogP contribution in [-0.2, 0) is 9.53 Å². The number of carbonyl (C=O) groups excluding carboxylic acids is 1. The molecule has 2 heterocycles. The molecular weight excluding hydrogens is 178 g/mol. The molecule has 0 spiro atoms. The van der Waals surface area contributed by atoms with E-state index in [9.17, 15) is 4.79 Å². The fourth-order valence-electron chi connectivity index (χ4n) is 2.53. The third kappa shape index (κ3) is 2.27. The van der Waals surface area contributed by atoms with Crippen molar-refractivity contribution in [1.82, 2.24) is 5.32 Å². The van der Waals surface area contributed by atoms with Crippen LogP contribution in [0.25, 0.3) is 0 Å². The van der Waals surface area contributed by atoms with Gasteiger partial charge in [0.1, 0.15) is 0 Å². The molecule has 1 atom stereocenters. The summed E-state index contributed by atoms with van der Waals surface area (Å²) in [5.74, 6) is 1.12. The Morgan fingerprint density at radius 2 is 1.93 bits per heavy atom. The number of nitrogens with one attached hydrogen (secondary N) is 1. The average molecular weight is 197 g/mol. The van der Waals surface area contributed by atoms with Crippen LogP contribution in [0.1, 0.15) is 32.1 Å². The van der Waals surface area contributed by atoms with Gasteiger partial charge in [-0.25, -0.2) is 0 Å². The average Bonchev–Trinajstić information content (AvgIpc) is 2.44. The molecule has 0 aromatic heterocycles. The van der Waals surface area contributed by atoms with E-state index in [0.29, 0.717) is 5.92 Å². The van der Waals surface area contributed by atoms with Crippen molar-refractivity contribution >= 4 is 5.91 Å². The maximum absolute atomic E-state index is 11.8. The van der Waals surface area contributed by atoms with Crippen molar-refractivity contribution in [3.05, 3.63) is 0 Å². The molecule has 2 saturated heterocycles. The predicted molar refractivity (Wildman–Crippen MR) is 53.9 cm³/mol. The molecule has 0 saturated carbocycles. The smallest absolute Gasteiger partial charge is 0.223 e. The quantitative estimate of drug-likeness (QED) is 0.688. The van der Waals surface area contributed by atoms with Crippen LogP contribution in [0, 0.1) is 11.8 Å². The highest BCUT2D eigenvalue weighted by Crippen LogP contribution is 2.28. The first-order chi connectivity index (χ1) is 6.88. The second-order valence-corrected chi connectivity index (χ2v) is 4.34. The fourth-order valence-corrected chi connectivity index (χ4v) is 2.53. The van der Waals surface area contributed by atoms with Crippen molar-refractivity contribution in [2.75, 3.05) is 19.8 Å². The summed E-state index contributed by atoms with van der Waals surface area (Å²) in [5, 5.41) is 3.01. The minimum absolute atomic E-state index is 0.265. The first-order valence-electron chi connectivity index (χ1n) is 5.73. The summed E-state index contributed by atoms with van der Waals surface area (Å²) in [5.41, 5.74) is 0. The van der Waals surface area contributed by atoms with E-state index in [1.165, 1.54) is 6.42 Å². The standard InChI is InChI=1S/C11H19NO2/c13-11-10(3-1-2-6-12-11)9-4-7-14-8-5-9/h9-10H,1-8H2,(H,12,13). The lowest BCUT2D eigenvalue weighted by Gasteiger charge is -2.28. The molecule has 14 heavy (non-hydrogen) atoms. The molecule has 3 nitrogen and oxygen atoms in total.